The molecule has 162 valence electrons. The van der Waals surface area contributed by atoms with E-state index in [1.165, 1.54) is 11.6 Å². The van der Waals surface area contributed by atoms with Gasteiger partial charge in [-0.05, 0) is 26.0 Å². The Bertz CT molecular complexity index is 1240. The first-order valence-electron chi connectivity index (χ1n) is 9.91. The smallest absolute Gasteiger partial charge is 0.279 e. The molecule has 1 aromatic carbocycles. The van der Waals surface area contributed by atoms with E-state index in [-0.39, 0.29) is 28.3 Å². The summed E-state index contributed by atoms with van der Waals surface area (Å²) in [5.74, 6) is -1.27. The Morgan fingerprint density at radius 3 is 2.74 bits per heavy atom. The van der Waals surface area contributed by atoms with Crippen molar-refractivity contribution in [3.8, 4) is 5.75 Å². The lowest BCUT2D eigenvalue weighted by Crippen LogP contribution is -2.49. The van der Waals surface area contributed by atoms with E-state index in [1.54, 1.807) is 19.1 Å². The van der Waals surface area contributed by atoms with E-state index in [1.807, 2.05) is 4.57 Å². The molecule has 2 aliphatic heterocycles. The monoisotopic (exact) mass is 428 g/mol. The first-order chi connectivity index (χ1) is 14.8. The van der Waals surface area contributed by atoms with Crippen molar-refractivity contribution >= 4 is 28.8 Å². The molecule has 0 aliphatic carbocycles. The van der Waals surface area contributed by atoms with Crippen LogP contribution in [0.4, 0.5) is 10.3 Å². The molecule has 2 aromatic heterocycles. The van der Waals surface area contributed by atoms with Crippen LogP contribution in [0.25, 0.3) is 11.0 Å². The largest absolute Gasteiger partial charge is 0.490 e. The molecule has 1 saturated heterocycles. The van der Waals surface area contributed by atoms with Crippen LogP contribution in [0.3, 0.4) is 0 Å². The molecule has 0 bridgehead atoms. The third-order valence-electron chi connectivity index (χ3n) is 5.73. The number of carbonyl (C=O) groups excluding carboxylic acids is 2. The van der Waals surface area contributed by atoms with Gasteiger partial charge < -0.3 is 19.8 Å². The Morgan fingerprint density at radius 2 is 2.10 bits per heavy atom. The zero-order valence-corrected chi connectivity index (χ0v) is 17.1. The molecule has 11 heteroatoms. The number of carbonyl (C=O) groups is 2. The number of hydrogen-bond acceptors (Lipinski definition) is 6. The summed E-state index contributed by atoms with van der Waals surface area (Å²) in [7, 11) is 0. The molecule has 1 spiro atoms. The first kappa shape index (κ1) is 19.5. The lowest BCUT2D eigenvalue weighted by molar-refractivity contribution is -0.137. The van der Waals surface area contributed by atoms with Gasteiger partial charge in [0.05, 0.1) is 29.8 Å². The average molecular weight is 428 g/mol. The molecule has 3 aromatic rings. The highest BCUT2D eigenvalue weighted by Gasteiger charge is 2.43. The molecular weight excluding hydrogens is 407 g/mol. The van der Waals surface area contributed by atoms with Gasteiger partial charge in [0, 0.05) is 18.7 Å². The van der Waals surface area contributed by atoms with Gasteiger partial charge in [0.1, 0.15) is 17.9 Å². The highest BCUT2D eigenvalue weighted by Crippen LogP contribution is 2.40. The minimum Gasteiger partial charge on any atom is -0.490 e. The molecule has 5 rings (SSSR count). The lowest BCUT2D eigenvalue weighted by Gasteiger charge is -2.40. The van der Waals surface area contributed by atoms with Crippen LogP contribution in [0.15, 0.2) is 12.1 Å². The summed E-state index contributed by atoms with van der Waals surface area (Å²) >= 11 is 0. The quantitative estimate of drug-likeness (QED) is 0.648. The number of aromatic nitrogens is 4. The second-order valence-electron chi connectivity index (χ2n) is 8.03. The van der Waals surface area contributed by atoms with Gasteiger partial charge in [-0.3, -0.25) is 19.6 Å². The van der Waals surface area contributed by atoms with E-state index in [0.29, 0.717) is 49.7 Å². The van der Waals surface area contributed by atoms with Crippen molar-refractivity contribution in [3.05, 3.63) is 34.9 Å². The van der Waals surface area contributed by atoms with Crippen LogP contribution in [0, 0.1) is 18.2 Å². The van der Waals surface area contributed by atoms with E-state index >= 15 is 0 Å². The van der Waals surface area contributed by atoms with Crippen LogP contribution in [0.5, 0.6) is 5.75 Å². The number of halogens is 1. The molecule has 10 nitrogen and oxygen atoms in total. The fraction of sp³-hybridized carbons (Fsp3) is 0.400. The van der Waals surface area contributed by atoms with Gasteiger partial charge in [-0.1, -0.05) is 0 Å². The Labute approximate surface area is 176 Å². The van der Waals surface area contributed by atoms with Gasteiger partial charge in [-0.25, -0.2) is 9.37 Å². The van der Waals surface area contributed by atoms with Crippen LogP contribution >= 0.6 is 0 Å². The molecule has 31 heavy (non-hydrogen) atoms. The van der Waals surface area contributed by atoms with E-state index in [4.69, 9.17) is 15.2 Å². The third kappa shape index (κ3) is 2.95. The van der Waals surface area contributed by atoms with E-state index in [2.05, 4.69) is 15.4 Å². The SMILES string of the molecule is CCn1nc(C)c(F)c1C(=O)Nc1nc2cc(C(N)=O)cc3c2n1CC1(COC1)CO3. The molecule has 0 atom stereocenters. The maximum absolute atomic E-state index is 14.6. The maximum atomic E-state index is 14.6. The van der Waals surface area contributed by atoms with Crippen molar-refractivity contribution in [1.29, 1.82) is 0 Å². The standard InChI is InChI=1S/C20H21FN6O4/c1-3-27-16(14(21)10(2)25-27)18(29)24-19-23-12-4-11(17(22)28)5-13-15(12)26(19)6-20(9-31-13)7-30-8-20/h4-5H,3,6-9H2,1-2H3,(H2,22,28)(H,23,24,29). The first-order valence-corrected chi connectivity index (χ1v) is 9.91. The van der Waals surface area contributed by atoms with E-state index in [0.717, 1.165) is 0 Å². The summed E-state index contributed by atoms with van der Waals surface area (Å²) in [6.45, 7) is 5.47. The number of amides is 2. The number of primary amides is 1. The molecule has 0 radical (unpaired) electrons. The predicted octanol–water partition coefficient (Wildman–Crippen LogP) is 1.46. The number of nitrogens with two attached hydrogens (primary N) is 1. The fourth-order valence-electron chi connectivity index (χ4n) is 4.08. The van der Waals surface area contributed by atoms with Crippen LogP contribution in [0.1, 0.15) is 33.5 Å². The van der Waals surface area contributed by atoms with Crippen LogP contribution < -0.4 is 15.8 Å². The van der Waals surface area contributed by atoms with Gasteiger partial charge in [0.15, 0.2) is 11.5 Å². The molecule has 2 amide bonds. The summed E-state index contributed by atoms with van der Waals surface area (Å²) < 4.78 is 29.1. The fourth-order valence-corrected chi connectivity index (χ4v) is 4.08. The van der Waals surface area contributed by atoms with E-state index < -0.39 is 17.6 Å². The number of benzene rings is 1. The van der Waals surface area contributed by atoms with Crippen LogP contribution in [0.2, 0.25) is 0 Å². The second-order valence-corrected chi connectivity index (χ2v) is 8.03. The van der Waals surface area contributed by atoms with Crippen molar-refractivity contribution in [2.45, 2.75) is 26.9 Å². The normalized spacial score (nSPS) is 16.6. The summed E-state index contributed by atoms with van der Waals surface area (Å²) in [4.78, 5) is 29.3. The van der Waals surface area contributed by atoms with Crippen molar-refractivity contribution < 1.29 is 23.5 Å². The second kappa shape index (κ2) is 6.77. The number of ether oxygens (including phenoxy) is 2. The number of nitrogens with one attached hydrogen (secondary N) is 1. The van der Waals surface area contributed by atoms with Gasteiger partial charge in [-0.2, -0.15) is 5.10 Å². The predicted molar refractivity (Wildman–Crippen MR) is 108 cm³/mol. The van der Waals surface area contributed by atoms with Crippen molar-refractivity contribution in [2.24, 2.45) is 11.1 Å². The number of anilines is 1. The van der Waals surface area contributed by atoms with Crippen molar-refractivity contribution in [3.63, 3.8) is 0 Å². The van der Waals surface area contributed by atoms with Crippen molar-refractivity contribution in [1.82, 2.24) is 19.3 Å². The Morgan fingerprint density at radius 1 is 1.32 bits per heavy atom. The third-order valence-corrected chi connectivity index (χ3v) is 5.73. The lowest BCUT2D eigenvalue weighted by atomic mass is 9.87. The molecule has 0 saturated carbocycles. The summed E-state index contributed by atoms with van der Waals surface area (Å²) in [6, 6.07) is 3.12. The summed E-state index contributed by atoms with van der Waals surface area (Å²) in [5, 5.41) is 6.78. The van der Waals surface area contributed by atoms with Gasteiger partial charge in [0.2, 0.25) is 11.9 Å². The van der Waals surface area contributed by atoms with Crippen LogP contribution in [-0.2, 0) is 17.8 Å². The minimum absolute atomic E-state index is 0.144. The number of nitrogens with zero attached hydrogens (tertiary/aromatic N) is 4. The van der Waals surface area contributed by atoms with Gasteiger partial charge in [0.25, 0.3) is 5.91 Å². The highest BCUT2D eigenvalue weighted by atomic mass is 19.1. The Balaban J connectivity index is 1.62. The Kier molecular flexibility index (Phi) is 4.26. The number of hydrogen-bond donors (Lipinski definition) is 2. The summed E-state index contributed by atoms with van der Waals surface area (Å²) in [5.41, 5.74) is 6.47. The zero-order valence-electron chi connectivity index (χ0n) is 17.1. The number of rotatable bonds is 4. The van der Waals surface area contributed by atoms with Gasteiger partial charge >= 0.3 is 0 Å². The topological polar surface area (TPSA) is 126 Å². The zero-order chi connectivity index (χ0) is 21.9. The molecular formula is C20H21FN6O4. The molecule has 3 N–H and O–H groups in total. The van der Waals surface area contributed by atoms with E-state index in [9.17, 15) is 14.0 Å². The number of aryl methyl sites for hydroxylation is 2. The van der Waals surface area contributed by atoms with Gasteiger partial charge in [-0.15, -0.1) is 0 Å². The highest BCUT2D eigenvalue weighted by molar-refractivity contribution is 6.04. The minimum atomic E-state index is -0.671. The molecule has 2 aliphatic rings. The Hall–Kier alpha value is -3.47. The van der Waals surface area contributed by atoms with Crippen LogP contribution in [-0.4, -0.2) is 51.0 Å². The maximum Gasteiger partial charge on any atom is 0.279 e. The molecule has 1 fully saturated rings. The average Bonchev–Trinajstić information content (AvgIpc) is 3.11. The van der Waals surface area contributed by atoms with Crippen molar-refractivity contribution in [2.75, 3.05) is 25.1 Å². The number of imidazole rings is 1. The summed E-state index contributed by atoms with van der Waals surface area (Å²) in [6.07, 6.45) is 0. The molecule has 0 unspecified atom stereocenters. The molecule has 4 heterocycles.